The smallest absolute Gasteiger partial charge is 0.0597 e. The van der Waals surface area contributed by atoms with Crippen molar-refractivity contribution < 1.29 is 5.11 Å². The van der Waals surface area contributed by atoms with Crippen molar-refractivity contribution in [3.05, 3.63) is 23.3 Å². The Morgan fingerprint density at radius 3 is 2.43 bits per heavy atom. The Kier molecular flexibility index (Phi) is 5.32. The molecule has 2 unspecified atom stereocenters. The molecule has 0 aromatic carbocycles. The highest BCUT2D eigenvalue weighted by molar-refractivity contribution is 5.07. The fourth-order valence-electron chi connectivity index (χ4n) is 5.66. The third kappa shape index (κ3) is 4.09. The van der Waals surface area contributed by atoms with Gasteiger partial charge in [0.2, 0.25) is 0 Å². The zero-order chi connectivity index (χ0) is 16.4. The maximum Gasteiger partial charge on any atom is 0.0597 e. The molecule has 0 heterocycles. The Balaban J connectivity index is 1.43. The maximum atomic E-state index is 10.4. The highest BCUT2D eigenvalue weighted by atomic mass is 16.3. The molecular weight excluding hydrogens is 282 g/mol. The lowest BCUT2D eigenvalue weighted by Gasteiger charge is -2.59. The molecule has 4 rings (SSSR count). The predicted molar refractivity (Wildman–Crippen MR) is 97.3 cm³/mol. The Labute approximate surface area is 142 Å². The number of aliphatic hydroxyl groups is 1. The van der Waals surface area contributed by atoms with Crippen LogP contribution in [0.5, 0.6) is 0 Å². The number of allylic oxidation sites excluding steroid dienone is 3. The summed E-state index contributed by atoms with van der Waals surface area (Å²) in [7, 11) is 0. The first kappa shape index (κ1) is 17.2. The Morgan fingerprint density at radius 2 is 1.78 bits per heavy atom. The monoisotopic (exact) mass is 317 g/mol. The lowest BCUT2D eigenvalue weighted by molar-refractivity contribution is -0.132. The van der Waals surface area contributed by atoms with Gasteiger partial charge in [0.25, 0.3) is 0 Å². The van der Waals surface area contributed by atoms with Crippen LogP contribution in [-0.4, -0.2) is 24.3 Å². The van der Waals surface area contributed by atoms with E-state index in [1.807, 2.05) is 0 Å². The molecule has 0 aliphatic heterocycles. The molecule has 4 saturated carbocycles. The average molecular weight is 318 g/mol. The van der Waals surface area contributed by atoms with Crippen molar-refractivity contribution >= 4 is 0 Å². The molecule has 0 spiro atoms. The van der Waals surface area contributed by atoms with E-state index < -0.39 is 0 Å². The zero-order valence-corrected chi connectivity index (χ0v) is 15.3. The fourth-order valence-corrected chi connectivity index (χ4v) is 5.66. The molecule has 0 saturated heterocycles. The van der Waals surface area contributed by atoms with Crippen molar-refractivity contribution in [1.82, 2.24) is 5.32 Å². The van der Waals surface area contributed by atoms with E-state index in [2.05, 4.69) is 38.2 Å². The molecule has 0 aromatic rings. The highest BCUT2D eigenvalue weighted by Crippen LogP contribution is 2.59. The first-order valence-electron chi connectivity index (χ1n) is 9.65. The summed E-state index contributed by atoms with van der Waals surface area (Å²) in [6, 6.07) is 0. The molecule has 130 valence electrons. The third-order valence-corrected chi connectivity index (χ3v) is 6.54. The lowest BCUT2D eigenvalue weighted by Crippen LogP contribution is -2.56. The van der Waals surface area contributed by atoms with Crippen LogP contribution in [-0.2, 0) is 0 Å². The van der Waals surface area contributed by atoms with E-state index in [-0.39, 0.29) is 6.10 Å². The summed E-state index contributed by atoms with van der Waals surface area (Å²) >= 11 is 0. The minimum Gasteiger partial charge on any atom is -0.393 e. The topological polar surface area (TPSA) is 32.3 Å². The van der Waals surface area contributed by atoms with E-state index >= 15 is 0 Å². The van der Waals surface area contributed by atoms with Gasteiger partial charge in [-0.25, -0.2) is 0 Å². The highest BCUT2D eigenvalue weighted by Gasteiger charge is 2.54. The zero-order valence-electron chi connectivity index (χ0n) is 15.3. The maximum absolute atomic E-state index is 10.4. The van der Waals surface area contributed by atoms with Crippen molar-refractivity contribution in [3.8, 4) is 0 Å². The first-order valence-corrected chi connectivity index (χ1v) is 9.65. The summed E-state index contributed by atoms with van der Waals surface area (Å²) in [6.45, 7) is 8.75. The summed E-state index contributed by atoms with van der Waals surface area (Å²) in [5.41, 5.74) is 3.41. The van der Waals surface area contributed by atoms with E-state index in [1.54, 1.807) is 0 Å². The van der Waals surface area contributed by atoms with Gasteiger partial charge in [0.1, 0.15) is 0 Å². The van der Waals surface area contributed by atoms with Crippen LogP contribution < -0.4 is 5.32 Å². The molecular formula is C21H35NO. The van der Waals surface area contributed by atoms with Crippen LogP contribution in [0.1, 0.15) is 65.7 Å². The number of hydrogen-bond donors (Lipinski definition) is 2. The minimum absolute atomic E-state index is 0.0110. The van der Waals surface area contributed by atoms with Gasteiger partial charge in [0.15, 0.2) is 0 Å². The molecule has 2 nitrogen and oxygen atoms in total. The Morgan fingerprint density at radius 1 is 1.09 bits per heavy atom. The largest absolute Gasteiger partial charge is 0.393 e. The van der Waals surface area contributed by atoms with Gasteiger partial charge < -0.3 is 10.4 Å². The second kappa shape index (κ2) is 7.11. The molecule has 2 atom stereocenters. The molecule has 4 aliphatic carbocycles. The number of aliphatic hydroxyl groups excluding tert-OH is 1. The molecule has 0 amide bonds. The number of rotatable bonds is 7. The summed E-state index contributed by atoms with van der Waals surface area (Å²) < 4.78 is 0. The van der Waals surface area contributed by atoms with E-state index in [4.69, 9.17) is 0 Å². The van der Waals surface area contributed by atoms with Crippen LogP contribution in [0.2, 0.25) is 0 Å². The molecule has 4 aliphatic rings. The van der Waals surface area contributed by atoms with Crippen molar-refractivity contribution in [1.29, 1.82) is 0 Å². The van der Waals surface area contributed by atoms with Crippen molar-refractivity contribution in [2.24, 2.45) is 23.2 Å². The standard InChI is InChI=1S/C21H35NO/c1-15(2)5-4-6-16(3)7-8-22-14-21-11-17-9-18(12-21)20(23)19(10-17)13-21/h5,7,17-20,22-23H,4,6,8-14H2,1-3H3/b16-7+. The Hall–Kier alpha value is -0.600. The van der Waals surface area contributed by atoms with Crippen LogP contribution in [0.25, 0.3) is 0 Å². The van der Waals surface area contributed by atoms with E-state index in [1.165, 1.54) is 49.7 Å². The van der Waals surface area contributed by atoms with Crippen molar-refractivity contribution in [2.75, 3.05) is 13.1 Å². The van der Waals surface area contributed by atoms with Crippen LogP contribution in [0.4, 0.5) is 0 Å². The molecule has 4 bridgehead atoms. The van der Waals surface area contributed by atoms with Gasteiger partial charge in [-0.15, -0.1) is 0 Å². The Bertz CT molecular complexity index is 458. The third-order valence-electron chi connectivity index (χ3n) is 6.54. The van der Waals surface area contributed by atoms with Crippen molar-refractivity contribution in [3.63, 3.8) is 0 Å². The van der Waals surface area contributed by atoms with E-state index in [0.717, 1.165) is 25.4 Å². The van der Waals surface area contributed by atoms with Crippen LogP contribution in [0.15, 0.2) is 23.3 Å². The summed E-state index contributed by atoms with van der Waals surface area (Å²) in [4.78, 5) is 0. The van der Waals surface area contributed by atoms with Crippen LogP contribution >= 0.6 is 0 Å². The lowest BCUT2D eigenvalue weighted by atomic mass is 9.48. The van der Waals surface area contributed by atoms with Crippen molar-refractivity contribution in [2.45, 2.75) is 71.8 Å². The first-order chi connectivity index (χ1) is 11.0. The fraction of sp³-hybridized carbons (Fsp3) is 0.810. The van der Waals surface area contributed by atoms with Gasteiger partial charge in [-0.2, -0.15) is 0 Å². The molecule has 0 radical (unpaired) electrons. The summed E-state index contributed by atoms with van der Waals surface area (Å²) in [6.07, 6.45) is 13.6. The van der Waals surface area contributed by atoms with E-state index in [0.29, 0.717) is 17.3 Å². The molecule has 2 heteroatoms. The predicted octanol–water partition coefficient (Wildman–Crippen LogP) is 4.46. The van der Waals surface area contributed by atoms with Gasteiger partial charge in [-0.05, 0) is 88.9 Å². The quantitative estimate of drug-likeness (QED) is 0.537. The number of hydrogen-bond acceptors (Lipinski definition) is 2. The second-order valence-electron chi connectivity index (χ2n) is 8.96. The normalized spacial score (nSPS) is 38.9. The second-order valence-corrected chi connectivity index (χ2v) is 8.96. The van der Waals surface area contributed by atoms with Gasteiger partial charge >= 0.3 is 0 Å². The summed E-state index contributed by atoms with van der Waals surface area (Å²) in [5.74, 6) is 2.10. The molecule has 23 heavy (non-hydrogen) atoms. The molecule has 2 N–H and O–H groups in total. The van der Waals surface area contributed by atoms with Gasteiger partial charge in [-0.3, -0.25) is 0 Å². The number of nitrogens with one attached hydrogen (secondary N) is 1. The minimum atomic E-state index is 0.0110. The molecule has 4 fully saturated rings. The summed E-state index contributed by atoms with van der Waals surface area (Å²) in [5, 5.41) is 14.1. The average Bonchev–Trinajstić information content (AvgIpc) is 2.48. The van der Waals surface area contributed by atoms with Gasteiger partial charge in [0, 0.05) is 13.1 Å². The van der Waals surface area contributed by atoms with Gasteiger partial charge in [0.05, 0.1) is 6.10 Å². The van der Waals surface area contributed by atoms with Gasteiger partial charge in [-0.1, -0.05) is 23.3 Å². The van der Waals surface area contributed by atoms with Crippen LogP contribution in [0, 0.1) is 23.2 Å². The molecule has 0 aromatic heterocycles. The van der Waals surface area contributed by atoms with E-state index in [9.17, 15) is 5.11 Å². The SMILES string of the molecule is CC(C)=CCC/C(C)=C/CNCC12CC3CC(C1)C(O)C(C3)C2. The van der Waals surface area contributed by atoms with Crippen LogP contribution in [0.3, 0.4) is 0 Å².